The Hall–Kier alpha value is -0.680. The summed E-state index contributed by atoms with van der Waals surface area (Å²) in [6, 6.07) is 0. The minimum Gasteiger partial charge on any atom is -0.368 e. The molecule has 2 aliphatic carbocycles. The topological polar surface area (TPSA) is 47.9 Å². The monoisotopic (exact) mass is 267 g/mol. The van der Waals surface area contributed by atoms with Crippen LogP contribution in [-0.2, 0) is 0 Å². The fraction of sp³-hybridized carbons (Fsp3) is 0.846. The molecule has 0 radical (unpaired) electrons. The van der Waals surface area contributed by atoms with E-state index in [2.05, 4.69) is 24.3 Å². The highest BCUT2D eigenvalue weighted by Gasteiger charge is 2.75. The molecule has 0 bridgehead atoms. The van der Waals surface area contributed by atoms with Crippen molar-refractivity contribution in [1.82, 2.24) is 10.3 Å². The number of hydrogen-bond donors (Lipinski definition) is 2. The number of nitrogens with zero attached hydrogens (tertiary/aromatic N) is 2. The van der Waals surface area contributed by atoms with Crippen molar-refractivity contribution < 1.29 is 5.11 Å². The highest BCUT2D eigenvalue weighted by atomic mass is 32.1. The molecule has 2 N–H and O–H groups in total. The van der Waals surface area contributed by atoms with E-state index in [0.29, 0.717) is 22.4 Å². The smallest absolute Gasteiger partial charge is 0.192 e. The lowest BCUT2D eigenvalue weighted by atomic mass is 9.84. The molecule has 0 saturated heterocycles. The molecule has 3 rings (SSSR count). The van der Waals surface area contributed by atoms with Crippen LogP contribution in [0.1, 0.15) is 34.1 Å². The van der Waals surface area contributed by atoms with Crippen LogP contribution in [-0.4, -0.2) is 33.2 Å². The molecule has 0 amide bonds. The first-order chi connectivity index (χ1) is 8.34. The maximum atomic E-state index is 11.0. The van der Waals surface area contributed by atoms with Crippen molar-refractivity contribution in [1.29, 1.82) is 0 Å². The molecule has 2 saturated carbocycles. The number of hydrazone groups is 1. The van der Waals surface area contributed by atoms with Crippen LogP contribution >= 0.6 is 12.2 Å². The maximum Gasteiger partial charge on any atom is 0.192 e. The number of rotatable bonds is 1. The number of nitrogens with one attached hydrogen (secondary N) is 1. The number of aliphatic hydroxyl groups is 1. The van der Waals surface area contributed by atoms with E-state index in [1.165, 1.54) is 0 Å². The molecule has 0 aromatic carbocycles. The van der Waals surface area contributed by atoms with Gasteiger partial charge >= 0.3 is 0 Å². The van der Waals surface area contributed by atoms with E-state index in [0.717, 1.165) is 18.7 Å². The minimum atomic E-state index is -0.881. The second-order valence-corrected chi connectivity index (χ2v) is 6.79. The molecule has 5 heteroatoms. The van der Waals surface area contributed by atoms with E-state index in [1.807, 2.05) is 13.8 Å². The zero-order valence-corrected chi connectivity index (χ0v) is 12.2. The molecule has 0 aromatic heterocycles. The highest BCUT2D eigenvalue weighted by Crippen LogP contribution is 2.73. The zero-order valence-electron chi connectivity index (χ0n) is 11.4. The van der Waals surface area contributed by atoms with Gasteiger partial charge in [-0.1, -0.05) is 13.8 Å². The van der Waals surface area contributed by atoms with Gasteiger partial charge in [0.25, 0.3) is 0 Å². The molecule has 100 valence electrons. The quantitative estimate of drug-likeness (QED) is 0.708. The summed E-state index contributed by atoms with van der Waals surface area (Å²) in [5.74, 6) is 1.31. The van der Waals surface area contributed by atoms with Gasteiger partial charge < -0.3 is 10.4 Å². The molecule has 0 aromatic rings. The largest absolute Gasteiger partial charge is 0.368 e. The van der Waals surface area contributed by atoms with Crippen LogP contribution in [0.4, 0.5) is 0 Å². The first-order valence-corrected chi connectivity index (χ1v) is 7.10. The van der Waals surface area contributed by atoms with Gasteiger partial charge in [-0.2, -0.15) is 5.10 Å². The van der Waals surface area contributed by atoms with Crippen LogP contribution in [0.25, 0.3) is 0 Å². The van der Waals surface area contributed by atoms with Crippen LogP contribution in [0.5, 0.6) is 0 Å². The molecule has 4 atom stereocenters. The Morgan fingerprint density at radius 1 is 1.61 bits per heavy atom. The summed E-state index contributed by atoms with van der Waals surface area (Å²) in [5.41, 5.74) is 0.494. The van der Waals surface area contributed by atoms with E-state index in [4.69, 9.17) is 12.2 Å². The molecule has 3 aliphatic rings. The summed E-state index contributed by atoms with van der Waals surface area (Å²) in [4.78, 5) is 0. The lowest BCUT2D eigenvalue weighted by molar-refractivity contribution is -0.0859. The Morgan fingerprint density at radius 3 is 2.89 bits per heavy atom. The first kappa shape index (κ1) is 12.4. The van der Waals surface area contributed by atoms with Crippen LogP contribution in [0.3, 0.4) is 0 Å². The van der Waals surface area contributed by atoms with Gasteiger partial charge in [0.15, 0.2) is 10.8 Å². The predicted octanol–water partition coefficient (Wildman–Crippen LogP) is 1.55. The lowest BCUT2D eigenvalue weighted by Crippen LogP contribution is -2.53. The number of fused-ring (bicyclic) bond motifs is 3. The summed E-state index contributed by atoms with van der Waals surface area (Å²) in [7, 11) is 0. The van der Waals surface area contributed by atoms with Gasteiger partial charge in [0.1, 0.15) is 0 Å². The van der Waals surface area contributed by atoms with Crippen molar-refractivity contribution in [3.8, 4) is 0 Å². The highest BCUT2D eigenvalue weighted by molar-refractivity contribution is 7.80. The van der Waals surface area contributed by atoms with Crippen molar-refractivity contribution >= 4 is 23.0 Å². The molecule has 2 fully saturated rings. The van der Waals surface area contributed by atoms with Crippen molar-refractivity contribution in [3.05, 3.63) is 0 Å². The van der Waals surface area contributed by atoms with Crippen LogP contribution < -0.4 is 5.32 Å². The van der Waals surface area contributed by atoms with Gasteiger partial charge in [-0.3, -0.25) is 0 Å². The molecule has 1 aliphatic heterocycles. The van der Waals surface area contributed by atoms with Gasteiger partial charge in [-0.05, 0) is 43.3 Å². The summed E-state index contributed by atoms with van der Waals surface area (Å²) in [6.45, 7) is 9.35. The summed E-state index contributed by atoms with van der Waals surface area (Å²) in [5, 5.41) is 20.8. The molecule has 0 unspecified atom stereocenters. The average molecular weight is 267 g/mol. The van der Waals surface area contributed by atoms with Crippen LogP contribution in [0.15, 0.2) is 5.10 Å². The van der Waals surface area contributed by atoms with Gasteiger partial charge in [0, 0.05) is 18.7 Å². The Kier molecular flexibility index (Phi) is 2.37. The van der Waals surface area contributed by atoms with E-state index < -0.39 is 5.72 Å². The zero-order chi connectivity index (χ0) is 13.3. The maximum absolute atomic E-state index is 11.0. The molecule has 1 heterocycles. The minimum absolute atomic E-state index is 0.147. The van der Waals surface area contributed by atoms with Gasteiger partial charge in [0.2, 0.25) is 0 Å². The van der Waals surface area contributed by atoms with Crippen molar-refractivity contribution in [2.24, 2.45) is 28.3 Å². The van der Waals surface area contributed by atoms with Crippen molar-refractivity contribution in [2.75, 3.05) is 6.54 Å². The third-order valence-corrected chi connectivity index (χ3v) is 5.43. The lowest BCUT2D eigenvalue weighted by Gasteiger charge is -2.36. The van der Waals surface area contributed by atoms with E-state index in [1.54, 1.807) is 5.01 Å². The summed E-state index contributed by atoms with van der Waals surface area (Å²) < 4.78 is 0. The van der Waals surface area contributed by atoms with Crippen LogP contribution in [0.2, 0.25) is 0 Å². The fourth-order valence-electron chi connectivity index (χ4n) is 4.14. The van der Waals surface area contributed by atoms with Crippen LogP contribution in [0, 0.1) is 23.2 Å². The second kappa shape index (κ2) is 3.45. The van der Waals surface area contributed by atoms with E-state index in [9.17, 15) is 5.11 Å². The number of thiocarbonyl (C=S) groups is 1. The van der Waals surface area contributed by atoms with Crippen molar-refractivity contribution in [2.45, 2.75) is 39.8 Å². The standard InChI is InChI=1S/C13H21N3OS/c1-5-14-11(18)16-13(17)6-8-10(12(8,3)4)9(13)7(2)15-16/h8-10,17H,5-6H2,1-4H3,(H,14,18)/t8-,9-,10-,13-/m1/s1. The Morgan fingerprint density at radius 2 is 2.28 bits per heavy atom. The molecular weight excluding hydrogens is 246 g/mol. The molecular formula is C13H21N3OS. The molecule has 0 spiro atoms. The van der Waals surface area contributed by atoms with Gasteiger partial charge in [-0.25, -0.2) is 5.01 Å². The normalized spacial score (nSPS) is 43.3. The Balaban J connectivity index is 1.89. The first-order valence-electron chi connectivity index (χ1n) is 6.69. The summed E-state index contributed by atoms with van der Waals surface area (Å²) >= 11 is 5.32. The Bertz CT molecular complexity index is 448. The Labute approximate surface area is 113 Å². The fourth-order valence-corrected chi connectivity index (χ4v) is 4.49. The SMILES string of the molecule is CCNC(=S)N1N=C(C)[C@@H]2[C@H]3[C@@H](C[C@@]21O)C3(C)C. The molecule has 18 heavy (non-hydrogen) atoms. The van der Waals surface area contributed by atoms with E-state index in [-0.39, 0.29) is 5.92 Å². The number of hydrogen-bond acceptors (Lipinski definition) is 3. The van der Waals surface area contributed by atoms with Gasteiger partial charge in [-0.15, -0.1) is 0 Å². The summed E-state index contributed by atoms with van der Waals surface area (Å²) in [6.07, 6.45) is 0.779. The molecule has 4 nitrogen and oxygen atoms in total. The van der Waals surface area contributed by atoms with Crippen molar-refractivity contribution in [3.63, 3.8) is 0 Å². The second-order valence-electron chi connectivity index (χ2n) is 6.40. The average Bonchev–Trinajstić information content (AvgIpc) is 2.62. The third-order valence-electron chi connectivity index (χ3n) is 5.11. The van der Waals surface area contributed by atoms with E-state index >= 15 is 0 Å². The third kappa shape index (κ3) is 1.29. The van der Waals surface area contributed by atoms with Gasteiger partial charge in [0.05, 0.1) is 5.92 Å². The predicted molar refractivity (Wildman–Crippen MR) is 75.0 cm³/mol.